The maximum absolute atomic E-state index is 11.7. The van der Waals surface area contributed by atoms with Gasteiger partial charge in [-0.05, 0) is 19.2 Å². The number of para-hydroxylation sites is 2. The fourth-order valence-electron chi connectivity index (χ4n) is 2.19. The third-order valence-electron chi connectivity index (χ3n) is 3.18. The lowest BCUT2D eigenvalue weighted by Crippen LogP contribution is -2.50. The number of halogens is 1. The highest BCUT2D eigenvalue weighted by atomic mass is 35.5. The molecule has 0 aliphatic carbocycles. The molecule has 0 unspecified atom stereocenters. The van der Waals surface area contributed by atoms with E-state index in [0.717, 1.165) is 18.8 Å². The molecule has 106 valence electrons. The summed E-state index contributed by atoms with van der Waals surface area (Å²) in [6.07, 6.45) is 0. The number of likely N-dealkylation sites (N-methyl/N-ethyl adjacent to an activating group) is 1. The Bertz CT molecular complexity index is 420. The molecule has 2 rings (SSSR count). The van der Waals surface area contributed by atoms with Crippen LogP contribution in [0.15, 0.2) is 24.3 Å². The van der Waals surface area contributed by atoms with E-state index in [0.29, 0.717) is 25.4 Å². The van der Waals surface area contributed by atoms with Crippen LogP contribution in [0.25, 0.3) is 0 Å². The van der Waals surface area contributed by atoms with Gasteiger partial charge in [0.25, 0.3) is 0 Å². The van der Waals surface area contributed by atoms with Gasteiger partial charge in [0.15, 0.2) is 0 Å². The third kappa shape index (κ3) is 3.75. The van der Waals surface area contributed by atoms with Gasteiger partial charge >= 0.3 is 0 Å². The van der Waals surface area contributed by atoms with Crippen LogP contribution in [0.1, 0.15) is 0 Å². The first-order chi connectivity index (χ1) is 8.72. The molecule has 6 heteroatoms. The molecule has 0 spiro atoms. The molecule has 19 heavy (non-hydrogen) atoms. The highest BCUT2D eigenvalue weighted by Crippen LogP contribution is 2.27. The molecule has 2 N–H and O–H groups in total. The average Bonchev–Trinajstić information content (AvgIpc) is 2.40. The Morgan fingerprint density at radius 1 is 1.26 bits per heavy atom. The number of aromatic hydroxyl groups is 1. The summed E-state index contributed by atoms with van der Waals surface area (Å²) in [5.74, 6) is 0.432. The molecule has 0 radical (unpaired) electrons. The molecule has 0 atom stereocenters. The number of anilines is 1. The summed E-state index contributed by atoms with van der Waals surface area (Å²) in [5, 5.41) is 12.7. The maximum atomic E-state index is 11.7. The summed E-state index contributed by atoms with van der Waals surface area (Å²) in [6.45, 7) is 3.31. The fourth-order valence-corrected chi connectivity index (χ4v) is 2.19. The minimum absolute atomic E-state index is 0. The topological polar surface area (TPSA) is 55.8 Å². The summed E-state index contributed by atoms with van der Waals surface area (Å²) in [7, 11) is 1.77. The number of carbonyl (C=O) groups excluding carboxylic acids is 1. The van der Waals surface area contributed by atoms with Gasteiger partial charge in [-0.2, -0.15) is 0 Å². The molecule has 0 aromatic heterocycles. The number of nitrogens with zero attached hydrogens (tertiary/aromatic N) is 2. The summed E-state index contributed by atoms with van der Waals surface area (Å²) in [4.78, 5) is 15.7. The Labute approximate surface area is 119 Å². The number of hydrogen-bond acceptors (Lipinski definition) is 4. The zero-order valence-electron chi connectivity index (χ0n) is 11.0. The number of hydrogen-bond donors (Lipinski definition) is 2. The van der Waals surface area contributed by atoms with Crippen LogP contribution in [-0.4, -0.2) is 55.7 Å². The number of benzene rings is 1. The van der Waals surface area contributed by atoms with Gasteiger partial charge < -0.3 is 20.2 Å². The molecule has 1 aliphatic rings. The summed E-state index contributed by atoms with van der Waals surface area (Å²) in [5.41, 5.74) is 0.846. The van der Waals surface area contributed by atoms with Crippen molar-refractivity contribution >= 4 is 24.0 Å². The molecule has 1 fully saturated rings. The van der Waals surface area contributed by atoms with E-state index < -0.39 is 0 Å². The summed E-state index contributed by atoms with van der Waals surface area (Å²) >= 11 is 0. The van der Waals surface area contributed by atoms with Gasteiger partial charge in [0.1, 0.15) is 5.75 Å². The van der Waals surface area contributed by atoms with E-state index in [1.807, 2.05) is 23.1 Å². The molecule has 1 aromatic rings. The van der Waals surface area contributed by atoms with Gasteiger partial charge in [-0.1, -0.05) is 12.1 Å². The van der Waals surface area contributed by atoms with Gasteiger partial charge in [0.05, 0.1) is 12.2 Å². The van der Waals surface area contributed by atoms with Gasteiger partial charge in [0, 0.05) is 26.2 Å². The highest BCUT2D eigenvalue weighted by Gasteiger charge is 2.21. The van der Waals surface area contributed by atoms with E-state index >= 15 is 0 Å². The Hall–Kier alpha value is -1.46. The molecular weight excluding hydrogens is 266 g/mol. The smallest absolute Gasteiger partial charge is 0.236 e. The monoisotopic (exact) mass is 285 g/mol. The second-order valence-electron chi connectivity index (χ2n) is 4.39. The van der Waals surface area contributed by atoms with Crippen molar-refractivity contribution in [1.82, 2.24) is 10.2 Å². The number of rotatable bonds is 3. The standard InChI is InChI=1S/C13H19N3O2.ClH/c1-14-10-13(18)16-8-6-15(7-9-16)11-4-2-3-5-12(11)17;/h2-5,14,17H,6-10H2,1H3;1H. The molecule has 1 heterocycles. The van der Waals surface area contributed by atoms with Crippen LogP contribution in [0, 0.1) is 0 Å². The number of carbonyl (C=O) groups is 1. The van der Waals surface area contributed by atoms with E-state index in [4.69, 9.17) is 0 Å². The van der Waals surface area contributed by atoms with E-state index in [9.17, 15) is 9.90 Å². The van der Waals surface area contributed by atoms with Crippen LogP contribution < -0.4 is 10.2 Å². The quantitative estimate of drug-likeness (QED) is 0.858. The van der Waals surface area contributed by atoms with Crippen LogP contribution in [0.2, 0.25) is 0 Å². The lowest BCUT2D eigenvalue weighted by Gasteiger charge is -2.36. The van der Waals surface area contributed by atoms with Gasteiger partial charge in [-0.3, -0.25) is 4.79 Å². The number of amides is 1. The zero-order chi connectivity index (χ0) is 13.0. The lowest BCUT2D eigenvalue weighted by molar-refractivity contribution is -0.130. The molecule has 1 saturated heterocycles. The summed E-state index contributed by atoms with van der Waals surface area (Å²) in [6, 6.07) is 7.31. The van der Waals surface area contributed by atoms with Crippen molar-refractivity contribution in [3.63, 3.8) is 0 Å². The second kappa shape index (κ2) is 7.21. The Balaban J connectivity index is 0.00000180. The van der Waals surface area contributed by atoms with Crippen molar-refractivity contribution in [1.29, 1.82) is 0 Å². The second-order valence-corrected chi connectivity index (χ2v) is 4.39. The molecule has 1 aromatic carbocycles. The van der Waals surface area contributed by atoms with Crippen molar-refractivity contribution in [2.45, 2.75) is 0 Å². The Kier molecular flexibility index (Phi) is 5.92. The molecule has 0 bridgehead atoms. The van der Waals surface area contributed by atoms with Gasteiger partial charge in [0.2, 0.25) is 5.91 Å². The molecule has 1 amide bonds. The van der Waals surface area contributed by atoms with E-state index in [1.165, 1.54) is 0 Å². The predicted molar refractivity (Wildman–Crippen MR) is 78.1 cm³/mol. The molecule has 1 aliphatic heterocycles. The largest absolute Gasteiger partial charge is 0.506 e. The Morgan fingerprint density at radius 3 is 2.47 bits per heavy atom. The number of piperazine rings is 1. The van der Waals surface area contributed by atoms with Crippen molar-refractivity contribution < 1.29 is 9.90 Å². The minimum atomic E-state index is 0. The highest BCUT2D eigenvalue weighted by molar-refractivity contribution is 5.85. The first-order valence-electron chi connectivity index (χ1n) is 6.17. The van der Waals surface area contributed by atoms with Crippen LogP contribution >= 0.6 is 12.4 Å². The number of phenols is 1. The van der Waals surface area contributed by atoms with Gasteiger partial charge in [-0.15, -0.1) is 12.4 Å². The van der Waals surface area contributed by atoms with E-state index in [-0.39, 0.29) is 18.3 Å². The van der Waals surface area contributed by atoms with Crippen LogP contribution in [0.3, 0.4) is 0 Å². The SMILES string of the molecule is CNCC(=O)N1CCN(c2ccccc2O)CC1.Cl. The Morgan fingerprint density at radius 2 is 1.89 bits per heavy atom. The van der Waals surface area contributed by atoms with Crippen LogP contribution in [-0.2, 0) is 4.79 Å². The van der Waals surface area contributed by atoms with Crippen molar-refractivity contribution in [2.75, 3.05) is 44.7 Å². The van der Waals surface area contributed by atoms with Crippen LogP contribution in [0.4, 0.5) is 5.69 Å². The lowest BCUT2D eigenvalue weighted by atomic mass is 10.2. The predicted octanol–water partition coefficient (Wildman–Crippen LogP) is 0.682. The average molecular weight is 286 g/mol. The normalized spacial score (nSPS) is 15.0. The van der Waals surface area contributed by atoms with Crippen molar-refractivity contribution in [3.05, 3.63) is 24.3 Å². The molecular formula is C13H20ClN3O2. The summed E-state index contributed by atoms with van der Waals surface area (Å²) < 4.78 is 0. The van der Waals surface area contributed by atoms with Crippen molar-refractivity contribution in [3.8, 4) is 5.75 Å². The van der Waals surface area contributed by atoms with E-state index in [1.54, 1.807) is 13.1 Å². The van der Waals surface area contributed by atoms with Crippen molar-refractivity contribution in [2.24, 2.45) is 0 Å². The minimum Gasteiger partial charge on any atom is -0.506 e. The molecule has 0 saturated carbocycles. The first-order valence-corrected chi connectivity index (χ1v) is 6.17. The van der Waals surface area contributed by atoms with Crippen LogP contribution in [0.5, 0.6) is 5.75 Å². The molecule has 5 nitrogen and oxygen atoms in total. The number of nitrogens with one attached hydrogen (secondary N) is 1. The fraction of sp³-hybridized carbons (Fsp3) is 0.462. The maximum Gasteiger partial charge on any atom is 0.236 e. The van der Waals surface area contributed by atoms with Gasteiger partial charge in [-0.25, -0.2) is 0 Å². The number of phenolic OH excluding ortho intramolecular Hbond substituents is 1. The van der Waals surface area contributed by atoms with E-state index in [2.05, 4.69) is 10.2 Å². The first kappa shape index (κ1) is 15.6. The third-order valence-corrected chi connectivity index (χ3v) is 3.18. The zero-order valence-corrected chi connectivity index (χ0v) is 11.8.